The topological polar surface area (TPSA) is 101 Å². The van der Waals surface area contributed by atoms with Crippen LogP contribution in [0.2, 0.25) is 0 Å². The van der Waals surface area contributed by atoms with E-state index in [-0.39, 0.29) is 42.7 Å². The second kappa shape index (κ2) is 11.7. The molecule has 3 atom stereocenters. The molecule has 2 heterocycles. The Morgan fingerprint density at radius 2 is 1.69 bits per heavy atom. The Morgan fingerprint density at radius 1 is 1.10 bits per heavy atom. The van der Waals surface area contributed by atoms with Crippen molar-refractivity contribution < 1.29 is 54.9 Å². The summed E-state index contributed by atoms with van der Waals surface area (Å²) >= 11 is 0. The maximum absolute atomic E-state index is 13.8. The van der Waals surface area contributed by atoms with Crippen LogP contribution in [0, 0.1) is 5.82 Å². The number of alkyl halides is 6. The summed E-state index contributed by atoms with van der Waals surface area (Å²) in [6.45, 7) is 1.47. The van der Waals surface area contributed by atoms with Crippen molar-refractivity contribution in [2.45, 2.75) is 44.3 Å². The number of ether oxygens (including phenoxy) is 2. The largest absolute Gasteiger partial charge is 0.416 e. The number of nitrogens with one attached hydrogen (secondary N) is 1. The molecule has 0 unspecified atom stereocenters. The number of halogens is 7. The van der Waals surface area contributed by atoms with E-state index in [9.17, 15) is 40.7 Å². The van der Waals surface area contributed by atoms with E-state index in [2.05, 4.69) is 15.4 Å². The van der Waals surface area contributed by atoms with Crippen LogP contribution in [0.5, 0.6) is 0 Å². The molecule has 1 aromatic heterocycles. The number of rotatable bonds is 7. The highest BCUT2D eigenvalue weighted by atomic mass is 19.4. The lowest BCUT2D eigenvalue weighted by atomic mass is 10.0. The lowest BCUT2D eigenvalue weighted by Gasteiger charge is -2.41. The molecule has 0 radical (unpaired) electrons. The fourth-order valence-corrected chi connectivity index (χ4v) is 4.49. The molecule has 0 bridgehead atoms. The van der Waals surface area contributed by atoms with Gasteiger partial charge in [0.05, 0.1) is 29.9 Å². The zero-order valence-electron chi connectivity index (χ0n) is 22.5. The van der Waals surface area contributed by atoms with E-state index >= 15 is 0 Å². The number of morpholine rings is 1. The lowest BCUT2D eigenvalue weighted by molar-refractivity contribution is -1.00. The maximum atomic E-state index is 13.8. The van der Waals surface area contributed by atoms with Crippen molar-refractivity contribution in [3.05, 3.63) is 81.9 Å². The van der Waals surface area contributed by atoms with Gasteiger partial charge >= 0.3 is 18.3 Å². The molecule has 0 spiro atoms. The Labute approximate surface area is 235 Å². The number of aromatic nitrogens is 3. The number of hydrogen-bond acceptors (Lipinski definition) is 7. The van der Waals surface area contributed by atoms with Gasteiger partial charge in [0.25, 0.3) is 0 Å². The van der Waals surface area contributed by atoms with E-state index in [0.29, 0.717) is 17.7 Å². The number of carbonyl (C=O) groups is 1. The van der Waals surface area contributed by atoms with Crippen LogP contribution in [0.25, 0.3) is 0 Å². The number of carbonyl (C=O) groups excluding carboxylic acids is 1. The van der Waals surface area contributed by atoms with Crippen LogP contribution in [0.3, 0.4) is 0 Å². The average molecular weight is 607 g/mol. The molecule has 1 saturated heterocycles. The van der Waals surface area contributed by atoms with Gasteiger partial charge in [0, 0.05) is 13.1 Å². The number of benzene rings is 2. The number of nitrogens with zero attached hydrogens (tertiary/aromatic N) is 4. The van der Waals surface area contributed by atoms with Crippen LogP contribution in [-0.2, 0) is 28.4 Å². The standard InChI is InChI=1S/C26H26F7N5O4/c1-14(16-10-17(25(28,29)30)12-18(11-16)26(31,32)33)42-24-22(15-4-6-19(27)7-5-15)37(8-9-41-24)13-20-21(35-36-34-20)23(39)38(2,3)40/h4-7,10-12,14,22,24,40H,8-9,13H2,1-3H3/p+1/t14-,22+,24-/m1/s1. The summed E-state index contributed by atoms with van der Waals surface area (Å²) in [7, 11) is 2.44. The summed E-state index contributed by atoms with van der Waals surface area (Å²) in [5, 5.41) is 20.3. The molecule has 2 N–H and O–H groups in total. The first-order valence-electron chi connectivity index (χ1n) is 12.5. The summed E-state index contributed by atoms with van der Waals surface area (Å²) in [4.78, 5) is 14.4. The first-order chi connectivity index (χ1) is 19.4. The summed E-state index contributed by atoms with van der Waals surface area (Å²) in [5.41, 5.74) is -2.92. The molecule has 3 aromatic rings. The number of quaternary nitrogens is 1. The van der Waals surface area contributed by atoms with Gasteiger partial charge in [0.15, 0.2) is 6.29 Å². The van der Waals surface area contributed by atoms with E-state index in [0.717, 1.165) is 0 Å². The monoisotopic (exact) mass is 606 g/mol. The number of hydrogen-bond donors (Lipinski definition) is 2. The molecule has 1 aliphatic heterocycles. The Bertz CT molecular complexity index is 1370. The molecule has 1 fully saturated rings. The van der Waals surface area contributed by atoms with Gasteiger partial charge in [-0.25, -0.2) is 14.4 Å². The first kappa shape index (κ1) is 31.5. The average Bonchev–Trinajstić information content (AvgIpc) is 3.35. The van der Waals surface area contributed by atoms with Crippen molar-refractivity contribution in [3.63, 3.8) is 0 Å². The van der Waals surface area contributed by atoms with E-state index in [1.165, 1.54) is 45.3 Å². The van der Waals surface area contributed by atoms with Gasteiger partial charge in [-0.3, -0.25) is 4.90 Å². The second-order valence-electron chi connectivity index (χ2n) is 10.1. The van der Waals surface area contributed by atoms with Crippen molar-refractivity contribution in [3.8, 4) is 0 Å². The van der Waals surface area contributed by atoms with Crippen LogP contribution in [0.4, 0.5) is 30.7 Å². The van der Waals surface area contributed by atoms with Crippen LogP contribution < -0.4 is 0 Å². The molecule has 2 aromatic carbocycles. The van der Waals surface area contributed by atoms with Crippen LogP contribution in [-0.4, -0.2) is 69.6 Å². The third-order valence-electron chi connectivity index (χ3n) is 6.61. The number of aromatic amines is 1. The van der Waals surface area contributed by atoms with E-state index in [1.807, 2.05) is 0 Å². The molecule has 42 heavy (non-hydrogen) atoms. The zero-order valence-corrected chi connectivity index (χ0v) is 22.5. The minimum absolute atomic E-state index is 0.0220. The van der Waals surface area contributed by atoms with Gasteiger partial charge < -0.3 is 9.47 Å². The highest BCUT2D eigenvalue weighted by Crippen LogP contribution is 2.40. The van der Waals surface area contributed by atoms with E-state index < -0.39 is 58.3 Å². The van der Waals surface area contributed by atoms with Crippen molar-refractivity contribution in [1.82, 2.24) is 20.3 Å². The predicted octanol–water partition coefficient (Wildman–Crippen LogP) is 5.26. The smallest absolute Gasteiger partial charge is 0.349 e. The quantitative estimate of drug-likeness (QED) is 0.164. The molecule has 1 amide bonds. The summed E-state index contributed by atoms with van der Waals surface area (Å²) in [6.07, 6.45) is -12.6. The van der Waals surface area contributed by atoms with Crippen molar-refractivity contribution in [1.29, 1.82) is 0 Å². The maximum Gasteiger partial charge on any atom is 0.416 e. The van der Waals surface area contributed by atoms with Gasteiger partial charge in [0.1, 0.15) is 25.6 Å². The predicted molar refractivity (Wildman–Crippen MR) is 130 cm³/mol. The van der Waals surface area contributed by atoms with Gasteiger partial charge in [-0.1, -0.05) is 12.1 Å². The van der Waals surface area contributed by atoms with Crippen LogP contribution in [0.15, 0.2) is 42.5 Å². The molecule has 9 nitrogen and oxygen atoms in total. The zero-order chi connectivity index (χ0) is 31.0. The molecule has 0 aliphatic carbocycles. The Hall–Kier alpha value is -3.44. The second-order valence-corrected chi connectivity index (χ2v) is 10.1. The van der Waals surface area contributed by atoms with Crippen molar-refractivity contribution in [2.75, 3.05) is 27.2 Å². The van der Waals surface area contributed by atoms with Gasteiger partial charge in [-0.05, 0) is 48.4 Å². The number of H-pyrrole nitrogens is 1. The fourth-order valence-electron chi connectivity index (χ4n) is 4.49. The SMILES string of the molecule is C[C@@H](O[C@H]1OCCN(Cc2n[nH]nc2C(=O)[N+](C)(C)O)[C@H]1c1ccc(F)cc1)c1cc(C(F)(F)F)cc(C(F)(F)F)c1. The molecule has 16 heteroatoms. The van der Waals surface area contributed by atoms with Crippen molar-refractivity contribution >= 4 is 5.91 Å². The molecule has 1 aliphatic rings. The number of amides is 1. The summed E-state index contributed by atoms with van der Waals surface area (Å²) < 4.78 is 105. The van der Waals surface area contributed by atoms with E-state index in [4.69, 9.17) is 9.47 Å². The summed E-state index contributed by atoms with van der Waals surface area (Å²) in [5.74, 6) is -1.32. The molecule has 4 rings (SSSR count). The fraction of sp³-hybridized carbons (Fsp3) is 0.423. The Balaban J connectivity index is 1.68. The molecule has 228 valence electrons. The van der Waals surface area contributed by atoms with Gasteiger partial charge in [-0.2, -0.15) is 36.7 Å². The van der Waals surface area contributed by atoms with Gasteiger partial charge in [-0.15, -0.1) is 9.75 Å². The third-order valence-corrected chi connectivity index (χ3v) is 6.61. The lowest BCUT2D eigenvalue weighted by Crippen LogP contribution is -2.47. The minimum Gasteiger partial charge on any atom is -0.349 e. The summed E-state index contributed by atoms with van der Waals surface area (Å²) in [6, 6.07) is 5.51. The number of hydroxylamine groups is 3. The highest BCUT2D eigenvalue weighted by Gasteiger charge is 2.40. The molecular weight excluding hydrogens is 579 g/mol. The highest BCUT2D eigenvalue weighted by molar-refractivity contribution is 5.87. The molecule has 0 saturated carbocycles. The normalized spacial score (nSPS) is 19.6. The van der Waals surface area contributed by atoms with Crippen LogP contribution in [0.1, 0.15) is 57.5 Å². The minimum atomic E-state index is -5.04. The third kappa shape index (κ3) is 7.12. The molecular formula is C26H27F7N5O4+. The van der Waals surface area contributed by atoms with E-state index in [1.54, 1.807) is 4.90 Å². The van der Waals surface area contributed by atoms with Gasteiger partial charge in [0.2, 0.25) is 5.69 Å². The Kier molecular flexibility index (Phi) is 8.76. The van der Waals surface area contributed by atoms with Crippen LogP contribution >= 0.6 is 0 Å². The van der Waals surface area contributed by atoms with Crippen molar-refractivity contribution in [2.24, 2.45) is 0 Å². The Morgan fingerprint density at radius 3 is 2.24 bits per heavy atom. The first-order valence-corrected chi connectivity index (χ1v) is 12.5.